The van der Waals surface area contributed by atoms with Gasteiger partial charge in [0.1, 0.15) is 12.4 Å². The molecule has 0 saturated heterocycles. The van der Waals surface area contributed by atoms with Crippen LogP contribution in [0.15, 0.2) is 78.9 Å². The summed E-state index contributed by atoms with van der Waals surface area (Å²) >= 11 is 5.98. The predicted octanol–water partition coefficient (Wildman–Crippen LogP) is 6.27. The SMILES string of the molecule is CC(C)N(Cc1ccccc1)C(=O)Cn1c(CCCCCNC(=O)c2cccc(Cl)c2)nc2ccccc21. The minimum atomic E-state index is -0.113. The zero-order valence-electron chi connectivity index (χ0n) is 22.1. The first-order chi connectivity index (χ1) is 18.4. The van der Waals surface area contributed by atoms with E-state index in [-0.39, 0.29) is 24.4 Å². The van der Waals surface area contributed by atoms with Crippen LogP contribution in [0, 0.1) is 0 Å². The smallest absolute Gasteiger partial charge is 0.251 e. The average molecular weight is 531 g/mol. The van der Waals surface area contributed by atoms with E-state index in [0.29, 0.717) is 23.7 Å². The topological polar surface area (TPSA) is 67.2 Å². The lowest BCUT2D eigenvalue weighted by molar-refractivity contribution is -0.134. The Kier molecular flexibility index (Phi) is 9.55. The highest BCUT2D eigenvalue weighted by molar-refractivity contribution is 6.30. The van der Waals surface area contributed by atoms with Gasteiger partial charge in [-0.3, -0.25) is 9.59 Å². The van der Waals surface area contributed by atoms with Crippen LogP contribution in [0.5, 0.6) is 0 Å². The van der Waals surface area contributed by atoms with E-state index in [4.69, 9.17) is 16.6 Å². The molecule has 1 aromatic heterocycles. The number of amides is 2. The van der Waals surface area contributed by atoms with Crippen LogP contribution in [-0.4, -0.2) is 38.9 Å². The minimum absolute atomic E-state index is 0.0805. The molecule has 1 heterocycles. The first-order valence-electron chi connectivity index (χ1n) is 13.2. The Morgan fingerprint density at radius 3 is 2.47 bits per heavy atom. The molecule has 2 amide bonds. The maximum Gasteiger partial charge on any atom is 0.251 e. The van der Waals surface area contributed by atoms with Crippen molar-refractivity contribution in [3.05, 3.63) is 101 Å². The van der Waals surface area contributed by atoms with Gasteiger partial charge < -0.3 is 14.8 Å². The van der Waals surface area contributed by atoms with Crippen LogP contribution in [0.3, 0.4) is 0 Å². The van der Waals surface area contributed by atoms with Gasteiger partial charge in [-0.1, -0.05) is 66.6 Å². The fourth-order valence-electron chi connectivity index (χ4n) is 4.58. The van der Waals surface area contributed by atoms with Gasteiger partial charge in [-0.25, -0.2) is 4.98 Å². The van der Waals surface area contributed by atoms with Crippen LogP contribution in [-0.2, 0) is 24.3 Å². The van der Waals surface area contributed by atoms with Crippen molar-refractivity contribution < 1.29 is 9.59 Å². The fourth-order valence-corrected chi connectivity index (χ4v) is 4.77. The summed E-state index contributed by atoms with van der Waals surface area (Å²) in [6.07, 6.45) is 3.50. The summed E-state index contributed by atoms with van der Waals surface area (Å²) in [7, 11) is 0. The van der Waals surface area contributed by atoms with Crippen molar-refractivity contribution >= 4 is 34.4 Å². The van der Waals surface area contributed by atoms with Gasteiger partial charge in [-0.15, -0.1) is 0 Å². The zero-order chi connectivity index (χ0) is 26.9. The molecule has 0 atom stereocenters. The van der Waals surface area contributed by atoms with Gasteiger partial charge in [0.25, 0.3) is 5.91 Å². The Balaban J connectivity index is 1.35. The van der Waals surface area contributed by atoms with Crippen molar-refractivity contribution in [2.24, 2.45) is 0 Å². The molecule has 198 valence electrons. The molecular weight excluding hydrogens is 496 g/mol. The number of nitrogens with one attached hydrogen (secondary N) is 1. The molecule has 4 rings (SSSR count). The van der Waals surface area contributed by atoms with E-state index in [2.05, 4.69) is 35.9 Å². The number of para-hydroxylation sites is 2. The van der Waals surface area contributed by atoms with E-state index in [0.717, 1.165) is 48.1 Å². The summed E-state index contributed by atoms with van der Waals surface area (Å²) < 4.78 is 2.07. The molecule has 7 heteroatoms. The summed E-state index contributed by atoms with van der Waals surface area (Å²) in [5, 5.41) is 3.51. The van der Waals surface area contributed by atoms with Crippen molar-refractivity contribution in [2.75, 3.05) is 6.54 Å². The van der Waals surface area contributed by atoms with Gasteiger partial charge >= 0.3 is 0 Å². The third kappa shape index (κ3) is 7.23. The van der Waals surface area contributed by atoms with Crippen LogP contribution in [0.1, 0.15) is 54.9 Å². The molecule has 0 saturated carbocycles. The van der Waals surface area contributed by atoms with Crippen LogP contribution in [0.2, 0.25) is 5.02 Å². The van der Waals surface area contributed by atoms with E-state index in [1.54, 1.807) is 24.3 Å². The number of halogens is 1. The Hall–Kier alpha value is -3.64. The first kappa shape index (κ1) is 27.4. The highest BCUT2D eigenvalue weighted by atomic mass is 35.5. The van der Waals surface area contributed by atoms with Gasteiger partial charge in [0.05, 0.1) is 11.0 Å². The second-order valence-electron chi connectivity index (χ2n) is 9.78. The molecule has 0 aliphatic rings. The Morgan fingerprint density at radius 1 is 0.947 bits per heavy atom. The molecule has 0 spiro atoms. The third-order valence-corrected chi connectivity index (χ3v) is 6.85. The summed E-state index contributed by atoms with van der Waals surface area (Å²) in [6.45, 7) is 5.55. The largest absolute Gasteiger partial charge is 0.352 e. The molecule has 0 aliphatic heterocycles. The minimum Gasteiger partial charge on any atom is -0.352 e. The van der Waals surface area contributed by atoms with E-state index in [1.165, 1.54) is 0 Å². The molecule has 0 radical (unpaired) electrons. The van der Waals surface area contributed by atoms with Crippen molar-refractivity contribution in [1.29, 1.82) is 0 Å². The number of hydrogen-bond acceptors (Lipinski definition) is 3. The standard InChI is InChI=1S/C31H35ClN4O2/c1-23(2)35(21-24-12-5-3-6-13-24)30(37)22-36-28-17-9-8-16-27(28)34-29(36)18-7-4-10-19-33-31(38)25-14-11-15-26(32)20-25/h3,5-6,8-9,11-17,20,23H,4,7,10,18-19,21-22H2,1-2H3,(H,33,38). The predicted molar refractivity (Wildman–Crippen MR) is 153 cm³/mol. The maximum atomic E-state index is 13.5. The molecule has 38 heavy (non-hydrogen) atoms. The maximum absolute atomic E-state index is 13.5. The van der Waals surface area contributed by atoms with Crippen LogP contribution in [0.4, 0.5) is 0 Å². The number of carbonyl (C=O) groups is 2. The van der Waals surface area contributed by atoms with Gasteiger partial charge in [-0.05, 0) is 62.6 Å². The number of carbonyl (C=O) groups excluding carboxylic acids is 2. The van der Waals surface area contributed by atoms with Gasteiger partial charge in [0.15, 0.2) is 0 Å². The number of aryl methyl sites for hydroxylation is 1. The molecule has 0 bridgehead atoms. The lowest BCUT2D eigenvalue weighted by atomic mass is 10.1. The van der Waals surface area contributed by atoms with Gasteiger partial charge in [0.2, 0.25) is 5.91 Å². The summed E-state index contributed by atoms with van der Waals surface area (Å²) in [5.74, 6) is 0.890. The van der Waals surface area contributed by atoms with Crippen molar-refractivity contribution in [1.82, 2.24) is 19.8 Å². The molecule has 3 aromatic carbocycles. The van der Waals surface area contributed by atoms with E-state index in [9.17, 15) is 9.59 Å². The lowest BCUT2D eigenvalue weighted by Gasteiger charge is -2.27. The Bertz CT molecular complexity index is 1370. The number of fused-ring (bicyclic) bond motifs is 1. The van der Waals surface area contributed by atoms with Crippen molar-refractivity contribution in [3.8, 4) is 0 Å². The fraction of sp³-hybridized carbons (Fsp3) is 0.323. The monoisotopic (exact) mass is 530 g/mol. The van der Waals surface area contributed by atoms with Crippen LogP contribution >= 0.6 is 11.6 Å². The second kappa shape index (κ2) is 13.2. The molecule has 6 nitrogen and oxygen atoms in total. The highest BCUT2D eigenvalue weighted by Gasteiger charge is 2.20. The van der Waals surface area contributed by atoms with E-state index < -0.39 is 0 Å². The van der Waals surface area contributed by atoms with Crippen molar-refractivity contribution in [2.45, 2.75) is 58.7 Å². The van der Waals surface area contributed by atoms with E-state index in [1.807, 2.05) is 47.4 Å². The molecule has 0 unspecified atom stereocenters. The zero-order valence-corrected chi connectivity index (χ0v) is 22.8. The highest BCUT2D eigenvalue weighted by Crippen LogP contribution is 2.19. The Morgan fingerprint density at radius 2 is 1.71 bits per heavy atom. The number of benzene rings is 3. The number of unbranched alkanes of at least 4 members (excludes halogenated alkanes) is 2. The molecular formula is C31H35ClN4O2. The summed E-state index contributed by atoms with van der Waals surface area (Å²) in [6, 6.07) is 25.1. The molecule has 0 aliphatic carbocycles. The number of aromatic nitrogens is 2. The van der Waals surface area contributed by atoms with Gasteiger partial charge in [0, 0.05) is 36.1 Å². The number of hydrogen-bond donors (Lipinski definition) is 1. The summed E-state index contributed by atoms with van der Waals surface area (Å²) in [4.78, 5) is 32.6. The average Bonchev–Trinajstić information content (AvgIpc) is 3.26. The first-order valence-corrected chi connectivity index (χ1v) is 13.6. The van der Waals surface area contributed by atoms with Crippen LogP contribution in [0.25, 0.3) is 11.0 Å². The molecule has 1 N–H and O–H groups in total. The van der Waals surface area contributed by atoms with Crippen LogP contribution < -0.4 is 5.32 Å². The number of imidazole rings is 1. The van der Waals surface area contributed by atoms with Gasteiger partial charge in [-0.2, -0.15) is 0 Å². The number of rotatable bonds is 12. The molecule has 4 aromatic rings. The normalized spacial score (nSPS) is 11.2. The second-order valence-corrected chi connectivity index (χ2v) is 10.2. The van der Waals surface area contributed by atoms with Crippen molar-refractivity contribution in [3.63, 3.8) is 0 Å². The molecule has 0 fully saturated rings. The van der Waals surface area contributed by atoms with E-state index >= 15 is 0 Å². The third-order valence-electron chi connectivity index (χ3n) is 6.62. The summed E-state index contributed by atoms with van der Waals surface area (Å²) in [5.41, 5.74) is 3.57. The number of nitrogens with zero attached hydrogens (tertiary/aromatic N) is 3. The Labute approximate surface area is 229 Å². The quantitative estimate of drug-likeness (QED) is 0.219. The lowest BCUT2D eigenvalue weighted by Crippen LogP contribution is -2.38.